The number of nitrogens with zero attached hydrogens (tertiary/aromatic N) is 4. The molecule has 0 aliphatic carbocycles. The van der Waals surface area contributed by atoms with Crippen molar-refractivity contribution in [3.05, 3.63) is 87.3 Å². The molecule has 0 spiro atoms. The molecule has 0 saturated heterocycles. The SMILES string of the molecule is CCCCc1cc(C(=O)O)cc(=O)n1Cc1ccc(-c2ccccc2-c2nn[nH]n2)cc1CC(=O)O. The van der Waals surface area contributed by atoms with E-state index in [2.05, 4.69) is 20.6 Å². The van der Waals surface area contributed by atoms with Gasteiger partial charge in [-0.3, -0.25) is 9.59 Å². The zero-order valence-electron chi connectivity index (χ0n) is 19.6. The molecule has 36 heavy (non-hydrogen) atoms. The highest BCUT2D eigenvalue weighted by molar-refractivity contribution is 5.87. The largest absolute Gasteiger partial charge is 0.481 e. The van der Waals surface area contributed by atoms with Crippen molar-refractivity contribution >= 4 is 11.9 Å². The number of H-pyrrole nitrogens is 1. The first-order valence-electron chi connectivity index (χ1n) is 11.5. The number of nitrogens with one attached hydrogen (secondary N) is 1. The maximum Gasteiger partial charge on any atom is 0.335 e. The number of carbonyl (C=O) groups is 2. The van der Waals surface area contributed by atoms with Crippen LogP contribution >= 0.6 is 0 Å². The van der Waals surface area contributed by atoms with Crippen LogP contribution in [0.15, 0.2) is 59.4 Å². The molecule has 0 bridgehead atoms. The second-order valence-corrected chi connectivity index (χ2v) is 8.40. The minimum absolute atomic E-state index is 0.0541. The number of aromatic nitrogens is 5. The average molecular weight is 488 g/mol. The van der Waals surface area contributed by atoms with Crippen molar-refractivity contribution in [3.8, 4) is 22.5 Å². The highest BCUT2D eigenvalue weighted by atomic mass is 16.4. The number of carboxylic acids is 2. The quantitative estimate of drug-likeness (QED) is 0.308. The standard InChI is InChI=1S/C26H25N5O5/c1-2-3-6-20-12-19(26(35)36)13-23(32)31(20)15-17-10-9-16(11-18(17)14-24(33)34)21-7-4-5-8-22(21)25-27-29-30-28-25/h4-5,7-13H,2-3,6,14-15H2,1H3,(H,33,34)(H,35,36)(H,27,28,29,30). The summed E-state index contributed by atoms with van der Waals surface area (Å²) in [5.41, 5.74) is 3.66. The van der Waals surface area contributed by atoms with Gasteiger partial charge in [-0.15, -0.1) is 10.2 Å². The van der Waals surface area contributed by atoms with E-state index < -0.39 is 17.5 Å². The highest BCUT2D eigenvalue weighted by Crippen LogP contribution is 2.31. The van der Waals surface area contributed by atoms with Gasteiger partial charge in [0.1, 0.15) is 0 Å². The molecule has 10 heteroatoms. The number of carboxylic acid groups (broad SMARTS) is 2. The normalized spacial score (nSPS) is 10.9. The number of aliphatic carboxylic acids is 1. The van der Waals surface area contributed by atoms with Gasteiger partial charge in [-0.05, 0) is 46.4 Å². The smallest absolute Gasteiger partial charge is 0.335 e. The monoisotopic (exact) mass is 487 g/mol. The van der Waals surface area contributed by atoms with Crippen molar-refractivity contribution in [2.75, 3.05) is 0 Å². The van der Waals surface area contributed by atoms with Gasteiger partial charge >= 0.3 is 11.9 Å². The highest BCUT2D eigenvalue weighted by Gasteiger charge is 2.17. The van der Waals surface area contributed by atoms with Crippen LogP contribution < -0.4 is 5.56 Å². The summed E-state index contributed by atoms with van der Waals surface area (Å²) in [7, 11) is 0. The van der Waals surface area contributed by atoms with E-state index in [1.807, 2.05) is 43.3 Å². The lowest BCUT2D eigenvalue weighted by molar-refractivity contribution is -0.136. The number of aromatic amines is 1. The van der Waals surface area contributed by atoms with Crippen LogP contribution in [0.2, 0.25) is 0 Å². The zero-order valence-corrected chi connectivity index (χ0v) is 19.6. The van der Waals surface area contributed by atoms with Crippen LogP contribution in [0.3, 0.4) is 0 Å². The van der Waals surface area contributed by atoms with Crippen LogP contribution in [-0.2, 0) is 24.2 Å². The van der Waals surface area contributed by atoms with E-state index >= 15 is 0 Å². The van der Waals surface area contributed by atoms with E-state index in [4.69, 9.17) is 0 Å². The number of pyridine rings is 1. The summed E-state index contributed by atoms with van der Waals surface area (Å²) in [6, 6.07) is 15.6. The fourth-order valence-corrected chi connectivity index (χ4v) is 4.17. The fourth-order valence-electron chi connectivity index (χ4n) is 4.17. The lowest BCUT2D eigenvalue weighted by Crippen LogP contribution is -2.26. The van der Waals surface area contributed by atoms with Crippen LogP contribution in [0.1, 0.15) is 46.9 Å². The Bertz CT molecular complexity index is 1460. The predicted octanol–water partition coefficient (Wildman–Crippen LogP) is 3.41. The second kappa shape index (κ2) is 10.8. The average Bonchev–Trinajstić information content (AvgIpc) is 3.39. The molecule has 0 saturated carbocycles. The van der Waals surface area contributed by atoms with Crippen LogP contribution in [0, 0.1) is 0 Å². The van der Waals surface area contributed by atoms with Gasteiger partial charge in [-0.2, -0.15) is 5.21 Å². The summed E-state index contributed by atoms with van der Waals surface area (Å²) in [4.78, 5) is 36.1. The number of aromatic carboxylic acids is 1. The molecule has 4 aromatic rings. The van der Waals surface area contributed by atoms with Crippen molar-refractivity contribution in [2.24, 2.45) is 0 Å². The van der Waals surface area contributed by atoms with Gasteiger partial charge < -0.3 is 14.8 Å². The van der Waals surface area contributed by atoms with Crippen molar-refractivity contribution < 1.29 is 19.8 Å². The van der Waals surface area contributed by atoms with Gasteiger partial charge in [0.05, 0.1) is 18.5 Å². The molecule has 2 heterocycles. The first-order valence-corrected chi connectivity index (χ1v) is 11.5. The Morgan fingerprint density at radius 1 is 1.00 bits per heavy atom. The summed E-state index contributed by atoms with van der Waals surface area (Å²) in [6.07, 6.45) is 1.97. The summed E-state index contributed by atoms with van der Waals surface area (Å²) >= 11 is 0. The van der Waals surface area contributed by atoms with Gasteiger partial charge in [0.15, 0.2) is 0 Å². The Kier molecular flexibility index (Phi) is 7.33. The van der Waals surface area contributed by atoms with Crippen molar-refractivity contribution in [3.63, 3.8) is 0 Å². The third kappa shape index (κ3) is 5.38. The molecule has 2 aromatic carbocycles. The Balaban J connectivity index is 1.79. The van der Waals surface area contributed by atoms with Crippen LogP contribution in [0.4, 0.5) is 0 Å². The molecule has 0 aliphatic heterocycles. The Morgan fingerprint density at radius 2 is 1.78 bits per heavy atom. The number of rotatable bonds is 10. The molecular weight excluding hydrogens is 462 g/mol. The Labute approximate surface area is 206 Å². The van der Waals surface area contributed by atoms with Gasteiger partial charge in [0.2, 0.25) is 5.82 Å². The summed E-state index contributed by atoms with van der Waals surface area (Å²) in [6.45, 7) is 2.15. The number of aryl methyl sites for hydroxylation is 1. The van der Waals surface area contributed by atoms with E-state index in [9.17, 15) is 24.6 Å². The number of hydrogen-bond donors (Lipinski definition) is 3. The Morgan fingerprint density at radius 3 is 2.44 bits per heavy atom. The molecule has 2 aromatic heterocycles. The predicted molar refractivity (Wildman–Crippen MR) is 132 cm³/mol. The minimum Gasteiger partial charge on any atom is -0.481 e. The molecule has 0 amide bonds. The van der Waals surface area contributed by atoms with E-state index in [-0.39, 0.29) is 18.5 Å². The topological polar surface area (TPSA) is 151 Å². The van der Waals surface area contributed by atoms with Crippen molar-refractivity contribution in [1.29, 1.82) is 0 Å². The molecule has 3 N–H and O–H groups in total. The summed E-state index contributed by atoms with van der Waals surface area (Å²) in [5.74, 6) is -1.74. The molecule has 10 nitrogen and oxygen atoms in total. The molecule has 0 aliphatic rings. The van der Waals surface area contributed by atoms with Crippen LogP contribution in [-0.4, -0.2) is 47.3 Å². The molecule has 4 rings (SSSR count). The molecule has 184 valence electrons. The third-order valence-electron chi connectivity index (χ3n) is 5.95. The van der Waals surface area contributed by atoms with Gasteiger partial charge in [0.25, 0.3) is 5.56 Å². The van der Waals surface area contributed by atoms with Crippen LogP contribution in [0.25, 0.3) is 22.5 Å². The van der Waals surface area contributed by atoms with Gasteiger partial charge in [-0.25, -0.2) is 4.79 Å². The molecular formula is C26H25N5O5. The first-order chi connectivity index (χ1) is 17.4. The number of tetrazole rings is 1. The van der Waals surface area contributed by atoms with Crippen LogP contribution in [0.5, 0.6) is 0 Å². The lowest BCUT2D eigenvalue weighted by atomic mass is 9.94. The maximum atomic E-state index is 12.9. The summed E-state index contributed by atoms with van der Waals surface area (Å²) < 4.78 is 1.52. The molecule has 0 fully saturated rings. The van der Waals surface area contributed by atoms with E-state index in [1.54, 1.807) is 6.07 Å². The second-order valence-electron chi connectivity index (χ2n) is 8.40. The Hall–Kier alpha value is -4.60. The summed E-state index contributed by atoms with van der Waals surface area (Å²) in [5, 5.41) is 33.1. The van der Waals surface area contributed by atoms with Crippen molar-refractivity contribution in [1.82, 2.24) is 25.2 Å². The van der Waals surface area contributed by atoms with E-state index in [0.717, 1.165) is 35.6 Å². The number of hydrogen-bond acceptors (Lipinski definition) is 6. The van der Waals surface area contributed by atoms with Gasteiger partial charge in [0, 0.05) is 17.3 Å². The third-order valence-corrected chi connectivity index (χ3v) is 5.95. The molecule has 0 atom stereocenters. The first kappa shape index (κ1) is 24.5. The molecule has 0 radical (unpaired) electrons. The fraction of sp³-hybridized carbons (Fsp3) is 0.231. The lowest BCUT2D eigenvalue weighted by Gasteiger charge is -2.17. The van der Waals surface area contributed by atoms with E-state index in [0.29, 0.717) is 29.1 Å². The zero-order chi connectivity index (χ0) is 25.7. The van der Waals surface area contributed by atoms with Gasteiger partial charge in [-0.1, -0.05) is 55.8 Å². The molecule has 0 unspecified atom stereocenters. The van der Waals surface area contributed by atoms with E-state index in [1.165, 1.54) is 10.6 Å². The maximum absolute atomic E-state index is 12.9. The van der Waals surface area contributed by atoms with Crippen molar-refractivity contribution in [2.45, 2.75) is 39.2 Å². The minimum atomic E-state index is -1.16. The number of benzene rings is 2. The number of unbranched alkanes of at least 4 members (excludes halogenated alkanes) is 1.